The first-order valence-electron chi connectivity index (χ1n) is 19.5. The lowest BCUT2D eigenvalue weighted by Crippen LogP contribution is -2.67. The van der Waals surface area contributed by atoms with E-state index in [0.717, 1.165) is 27.7 Å². The molecule has 0 aromatic carbocycles. The van der Waals surface area contributed by atoms with E-state index in [9.17, 15) is 55.1 Å². The molecule has 2 aromatic heterocycles. The van der Waals surface area contributed by atoms with Crippen molar-refractivity contribution in [3.63, 3.8) is 0 Å². The van der Waals surface area contributed by atoms with Gasteiger partial charge in [-0.1, -0.05) is 22.6 Å². The van der Waals surface area contributed by atoms with Crippen LogP contribution in [0.1, 0.15) is 51.9 Å². The number of carbonyl (C=O) groups is 6. The van der Waals surface area contributed by atoms with E-state index in [1.54, 1.807) is 23.0 Å². The van der Waals surface area contributed by atoms with Crippen LogP contribution in [0.3, 0.4) is 0 Å². The predicted octanol–water partition coefficient (Wildman–Crippen LogP) is 0.309. The number of carbonyl (C=O) groups excluding carboxylic acids is 6. The third kappa shape index (κ3) is 13.6. The summed E-state index contributed by atoms with van der Waals surface area (Å²) in [5.74, 6) is -8.95. The molecule has 0 unspecified atom stereocenters. The lowest BCUT2D eigenvalue weighted by molar-refractivity contribution is -0.274. The number of nitrogens with one attached hydrogen (secondary N) is 2. The zero-order valence-electron chi connectivity index (χ0n) is 34.4. The number of halogens is 6. The molecule has 354 valence electrons. The van der Waals surface area contributed by atoms with Crippen molar-refractivity contribution in [2.45, 2.75) is 140 Å². The summed E-state index contributed by atoms with van der Waals surface area (Å²) in [6, 6.07) is -3.91. The Balaban J connectivity index is 1.51. The van der Waals surface area contributed by atoms with Crippen molar-refractivity contribution >= 4 is 35.7 Å². The molecule has 28 heteroatoms. The Morgan fingerprint density at radius 1 is 0.594 bits per heavy atom. The van der Waals surface area contributed by atoms with Crippen LogP contribution in [0.2, 0.25) is 0 Å². The van der Waals surface area contributed by atoms with Crippen molar-refractivity contribution in [1.29, 1.82) is 0 Å². The molecule has 0 radical (unpaired) electrons. The Labute approximate surface area is 358 Å². The molecule has 3 aliphatic heterocycles. The Morgan fingerprint density at radius 3 is 1.27 bits per heavy atom. The summed E-state index contributed by atoms with van der Waals surface area (Å²) in [7, 11) is 0. The molecular weight excluding hydrogens is 882 g/mol. The first-order chi connectivity index (χ1) is 30.1. The highest BCUT2D eigenvalue weighted by molar-refractivity contribution is 5.82. The van der Waals surface area contributed by atoms with Crippen molar-refractivity contribution in [2.24, 2.45) is 0 Å². The third-order valence-corrected chi connectivity index (χ3v) is 9.51. The van der Waals surface area contributed by atoms with E-state index < -0.39 is 123 Å². The van der Waals surface area contributed by atoms with Gasteiger partial charge in [-0.2, -0.15) is 26.3 Å². The molecule has 2 amide bonds. The maximum atomic E-state index is 13.6. The van der Waals surface area contributed by atoms with Crippen LogP contribution in [0, 0.1) is 0 Å². The Hall–Kier alpha value is -5.74. The maximum absolute atomic E-state index is 13.6. The number of amides is 2. The first-order valence-corrected chi connectivity index (χ1v) is 19.5. The number of rotatable bonds is 6. The van der Waals surface area contributed by atoms with Crippen molar-refractivity contribution < 1.29 is 93.0 Å². The summed E-state index contributed by atoms with van der Waals surface area (Å²) in [6.07, 6.45) is -16.9. The molecule has 0 saturated carbocycles. The minimum absolute atomic E-state index is 0.281. The number of hydrogen-bond acceptors (Lipinski definition) is 18. The monoisotopic (exact) mass is 926 g/mol. The van der Waals surface area contributed by atoms with Gasteiger partial charge < -0.3 is 48.5 Å². The van der Waals surface area contributed by atoms with Gasteiger partial charge in [-0.05, 0) is 25.7 Å². The standard InChI is InChI=1S/C36H44F6N8O14/c1-17(51)59-27-23-15-49-13-21(45-47-49)9-5-6-10-22-14-50(48-46-22)16-24-28(60-18(2)52)30(62-20(4)54)26(44-34(56)36(40,41)42)32(64-24)58-12-8-7-11-57-31(63-23)25(29(27)61-19(3)53)43-33(55)35(37,38)39/h7-8,13-14,23-32H,5-6,9-12,15-16H2,1-4H3,(H,43,55)(H,44,56)/b8-7-/t23-,24-,25-,26-,27-,28-,29-,30-,31-,32-/m1/s1. The van der Waals surface area contributed by atoms with Crippen LogP contribution in [-0.4, -0.2) is 153 Å². The van der Waals surface area contributed by atoms with Gasteiger partial charge in [-0.25, -0.2) is 9.36 Å². The van der Waals surface area contributed by atoms with E-state index in [1.807, 2.05) is 0 Å². The minimum Gasteiger partial charge on any atom is -0.456 e. The molecule has 5 heterocycles. The van der Waals surface area contributed by atoms with Crippen LogP contribution >= 0.6 is 0 Å². The maximum Gasteiger partial charge on any atom is 0.471 e. The van der Waals surface area contributed by atoms with E-state index in [2.05, 4.69) is 20.6 Å². The van der Waals surface area contributed by atoms with Crippen molar-refractivity contribution in [2.75, 3.05) is 13.2 Å². The average molecular weight is 927 g/mol. The second kappa shape index (κ2) is 21.3. The molecule has 64 heavy (non-hydrogen) atoms. The second-order valence-electron chi connectivity index (χ2n) is 14.6. The van der Waals surface area contributed by atoms with Crippen LogP contribution in [0.15, 0.2) is 24.5 Å². The molecule has 0 spiro atoms. The first kappa shape index (κ1) is 49.3. The predicted molar refractivity (Wildman–Crippen MR) is 193 cm³/mol. The van der Waals surface area contributed by atoms with Crippen molar-refractivity contribution in [3.05, 3.63) is 35.9 Å². The summed E-state index contributed by atoms with van der Waals surface area (Å²) < 4.78 is 129. The summed E-state index contributed by atoms with van der Waals surface area (Å²) in [5.41, 5.74) is 0.995. The van der Waals surface area contributed by atoms with Gasteiger partial charge in [0.15, 0.2) is 37.0 Å². The van der Waals surface area contributed by atoms with Gasteiger partial charge in [0.05, 0.1) is 37.7 Å². The van der Waals surface area contributed by atoms with E-state index in [4.69, 9.17) is 37.9 Å². The van der Waals surface area contributed by atoms with Crippen LogP contribution in [0.5, 0.6) is 0 Å². The van der Waals surface area contributed by atoms with Crippen LogP contribution in [0.4, 0.5) is 26.3 Å². The SMILES string of the molecule is CC(=O)O[C@@H]1[C@@H](NC(=O)C(F)(F)F)[C@@H]2OC/C=C\CO[C@@H]3O[C@H](Cn4cc(nn4)CCCCc4cn(nn4)C[C@@H](O2)[C@H]1OC(C)=O)[C@@H](OC(C)=O)[C@H](OC(C)=O)[C@H]3NC(=O)C(F)(F)F. The Kier molecular flexibility index (Phi) is 16.4. The van der Waals surface area contributed by atoms with E-state index >= 15 is 0 Å². The van der Waals surface area contributed by atoms with E-state index in [-0.39, 0.29) is 13.1 Å². The quantitative estimate of drug-likeness (QED) is 0.171. The van der Waals surface area contributed by atoms with E-state index in [1.165, 1.54) is 21.5 Å². The van der Waals surface area contributed by atoms with Crippen molar-refractivity contribution in [3.8, 4) is 0 Å². The number of hydrogen-bond donors (Lipinski definition) is 2. The van der Waals surface area contributed by atoms with Gasteiger partial charge in [0.1, 0.15) is 24.3 Å². The van der Waals surface area contributed by atoms with Gasteiger partial charge in [-0.3, -0.25) is 28.8 Å². The number of nitrogens with zero attached hydrogens (tertiary/aromatic N) is 6. The minimum atomic E-state index is -5.45. The lowest BCUT2D eigenvalue weighted by atomic mass is 9.95. The van der Waals surface area contributed by atoms with Crippen molar-refractivity contribution in [1.82, 2.24) is 40.6 Å². The molecule has 5 rings (SSSR count). The van der Waals surface area contributed by atoms with Gasteiger partial charge in [0, 0.05) is 40.1 Å². The number of fused-ring (bicyclic) bond motifs is 8. The Morgan fingerprint density at radius 2 is 0.938 bits per heavy atom. The molecule has 2 saturated heterocycles. The fourth-order valence-electron chi connectivity index (χ4n) is 6.99. The van der Waals surface area contributed by atoms with Crippen LogP contribution in [0.25, 0.3) is 0 Å². The topological polar surface area (TPSA) is 262 Å². The molecule has 22 nitrogen and oxygen atoms in total. The largest absolute Gasteiger partial charge is 0.471 e. The second-order valence-corrected chi connectivity index (χ2v) is 14.6. The summed E-state index contributed by atoms with van der Waals surface area (Å²) in [4.78, 5) is 73.8. The smallest absolute Gasteiger partial charge is 0.456 e. The molecule has 10 atom stereocenters. The average Bonchev–Trinajstić information content (AvgIpc) is 3.83. The zero-order valence-corrected chi connectivity index (χ0v) is 34.4. The summed E-state index contributed by atoms with van der Waals surface area (Å²) in [6.45, 7) is 2.14. The molecule has 0 aliphatic carbocycles. The number of ether oxygens (including phenoxy) is 8. The summed E-state index contributed by atoms with van der Waals surface area (Å²) in [5, 5.41) is 19.8. The van der Waals surface area contributed by atoms with Gasteiger partial charge in [0.25, 0.3) is 0 Å². The highest BCUT2D eigenvalue weighted by atomic mass is 19.4. The van der Waals surface area contributed by atoms with Gasteiger partial charge in [-0.15, -0.1) is 10.2 Å². The van der Waals surface area contributed by atoms with E-state index in [0.29, 0.717) is 37.1 Å². The fourth-order valence-corrected chi connectivity index (χ4v) is 6.99. The van der Waals surface area contributed by atoms with Crippen LogP contribution < -0.4 is 10.6 Å². The lowest BCUT2D eigenvalue weighted by Gasteiger charge is -2.45. The molecule has 2 aromatic rings. The molecule has 2 N–H and O–H groups in total. The number of aryl methyl sites for hydroxylation is 2. The highest BCUT2D eigenvalue weighted by Gasteiger charge is 2.55. The third-order valence-electron chi connectivity index (χ3n) is 9.51. The highest BCUT2D eigenvalue weighted by Crippen LogP contribution is 2.32. The fraction of sp³-hybridized carbons (Fsp3) is 0.667. The molecule has 2 fully saturated rings. The number of esters is 4. The zero-order chi connectivity index (χ0) is 46.9. The molecule has 3 aliphatic rings. The summed E-state index contributed by atoms with van der Waals surface area (Å²) >= 11 is 0. The van der Waals surface area contributed by atoms with Crippen LogP contribution in [-0.2, 0) is 92.6 Å². The Bertz CT molecular complexity index is 1880. The van der Waals surface area contributed by atoms with Gasteiger partial charge in [0.2, 0.25) is 0 Å². The normalized spacial score (nSPS) is 28.8. The number of alkyl halides is 6. The molecular formula is C36H44F6N8O14. The molecule has 8 bridgehead atoms. The van der Waals surface area contributed by atoms with Gasteiger partial charge >= 0.3 is 48.0 Å². The number of aromatic nitrogens is 6.